The van der Waals surface area contributed by atoms with Crippen LogP contribution in [0.4, 0.5) is 0 Å². The topological polar surface area (TPSA) is 83.5 Å². The van der Waals surface area contributed by atoms with E-state index in [-0.39, 0.29) is 6.04 Å². The molecule has 0 saturated heterocycles. The van der Waals surface area contributed by atoms with Crippen molar-refractivity contribution in [1.82, 2.24) is 4.72 Å². The van der Waals surface area contributed by atoms with Crippen LogP contribution < -0.4 is 4.72 Å². The summed E-state index contributed by atoms with van der Waals surface area (Å²) in [5.74, 6) is -1.35. The Morgan fingerprint density at radius 2 is 2.18 bits per heavy atom. The lowest BCUT2D eigenvalue weighted by Gasteiger charge is -2.15. The molecule has 0 spiro atoms. The fourth-order valence-corrected chi connectivity index (χ4v) is 3.24. The average molecular weight is 277 g/mol. The van der Waals surface area contributed by atoms with Crippen LogP contribution in [0.2, 0.25) is 0 Å². The molecule has 0 fully saturated rings. The Labute approximate surface area is 105 Å². The predicted octanol–water partition coefficient (Wildman–Crippen LogP) is 1.07. The first-order chi connectivity index (χ1) is 7.83. The number of carboxylic acids is 1. The third-order valence-corrected chi connectivity index (χ3v) is 5.03. The minimum atomic E-state index is -3.81. The van der Waals surface area contributed by atoms with Gasteiger partial charge in [-0.1, -0.05) is 6.07 Å². The van der Waals surface area contributed by atoms with Gasteiger partial charge in [0, 0.05) is 10.9 Å². The van der Waals surface area contributed by atoms with E-state index < -0.39 is 21.2 Å². The Kier molecular flexibility index (Phi) is 4.67. The number of hydrogen-bond acceptors (Lipinski definition) is 4. The quantitative estimate of drug-likeness (QED) is 0.814. The molecule has 1 aromatic rings. The van der Waals surface area contributed by atoms with Gasteiger partial charge in [0.1, 0.15) is 0 Å². The maximum atomic E-state index is 11.6. The van der Waals surface area contributed by atoms with Gasteiger partial charge in [-0.25, -0.2) is 13.1 Å². The first-order valence-corrected chi connectivity index (χ1v) is 7.52. The normalized spacial score (nSPS) is 15.4. The summed E-state index contributed by atoms with van der Waals surface area (Å²) in [5, 5.41) is 9.15. The molecule has 0 aromatic carbocycles. The van der Waals surface area contributed by atoms with Crippen molar-refractivity contribution in [2.24, 2.45) is 0 Å². The number of thiophene rings is 1. The van der Waals surface area contributed by atoms with E-state index >= 15 is 0 Å². The lowest BCUT2D eigenvalue weighted by atomic mass is 10.2. The Bertz CT molecular complexity index is 467. The molecular formula is C10H15NO4S2. The van der Waals surface area contributed by atoms with Crippen LogP contribution in [-0.2, 0) is 21.2 Å². The second-order valence-electron chi connectivity index (χ2n) is 3.83. The molecule has 7 heteroatoms. The molecule has 0 aliphatic carbocycles. The number of hydrogen-bond donors (Lipinski definition) is 2. The predicted molar refractivity (Wildman–Crippen MR) is 66.6 cm³/mol. The van der Waals surface area contributed by atoms with E-state index in [1.54, 1.807) is 18.3 Å². The Hall–Kier alpha value is -0.920. The van der Waals surface area contributed by atoms with E-state index in [4.69, 9.17) is 5.11 Å². The van der Waals surface area contributed by atoms with Crippen LogP contribution in [0.25, 0.3) is 0 Å². The van der Waals surface area contributed by atoms with E-state index in [1.165, 1.54) is 0 Å². The molecule has 0 amide bonds. The Balaban J connectivity index is 2.62. The van der Waals surface area contributed by atoms with Crippen LogP contribution in [0.3, 0.4) is 0 Å². The largest absolute Gasteiger partial charge is 0.480 e. The van der Waals surface area contributed by atoms with Gasteiger partial charge in [0.15, 0.2) is 5.25 Å². The van der Waals surface area contributed by atoms with Crippen molar-refractivity contribution >= 4 is 27.3 Å². The molecule has 0 aliphatic heterocycles. The van der Waals surface area contributed by atoms with Gasteiger partial charge < -0.3 is 5.11 Å². The molecule has 2 N–H and O–H groups in total. The van der Waals surface area contributed by atoms with Crippen molar-refractivity contribution in [3.8, 4) is 0 Å². The fourth-order valence-electron chi connectivity index (χ4n) is 1.29. The van der Waals surface area contributed by atoms with Gasteiger partial charge in [0.05, 0.1) is 0 Å². The summed E-state index contributed by atoms with van der Waals surface area (Å²) in [6, 6.07) is 3.48. The van der Waals surface area contributed by atoms with E-state index in [9.17, 15) is 13.2 Å². The molecule has 2 unspecified atom stereocenters. The summed E-state index contributed by atoms with van der Waals surface area (Å²) in [6.45, 7) is 2.87. The van der Waals surface area contributed by atoms with Gasteiger partial charge in [-0.3, -0.25) is 4.79 Å². The summed E-state index contributed by atoms with van der Waals surface area (Å²) in [7, 11) is -3.81. The minimum Gasteiger partial charge on any atom is -0.480 e. The third kappa shape index (κ3) is 4.10. The molecule has 0 saturated carbocycles. The molecule has 0 bridgehead atoms. The smallest absolute Gasteiger partial charge is 0.323 e. The standard InChI is InChI=1S/C10H15NO4S2/c1-7(6-9-4-3-5-16-9)11-17(14,15)8(2)10(12)13/h3-5,7-8,11H,6H2,1-2H3,(H,12,13). The summed E-state index contributed by atoms with van der Waals surface area (Å²) >= 11 is 1.54. The molecule has 17 heavy (non-hydrogen) atoms. The molecule has 5 nitrogen and oxygen atoms in total. The lowest BCUT2D eigenvalue weighted by molar-refractivity contribution is -0.136. The molecule has 1 rings (SSSR count). The van der Waals surface area contributed by atoms with Crippen LogP contribution in [0, 0.1) is 0 Å². The zero-order valence-corrected chi connectivity index (χ0v) is 11.2. The molecule has 2 atom stereocenters. The molecule has 96 valence electrons. The highest BCUT2D eigenvalue weighted by Gasteiger charge is 2.28. The Morgan fingerprint density at radius 1 is 1.53 bits per heavy atom. The number of rotatable bonds is 6. The van der Waals surface area contributed by atoms with E-state index in [0.717, 1.165) is 11.8 Å². The summed E-state index contributed by atoms with van der Waals surface area (Å²) in [4.78, 5) is 11.7. The maximum Gasteiger partial charge on any atom is 0.323 e. The highest BCUT2D eigenvalue weighted by molar-refractivity contribution is 7.90. The van der Waals surface area contributed by atoms with E-state index in [0.29, 0.717) is 6.42 Å². The zero-order chi connectivity index (χ0) is 13.1. The van der Waals surface area contributed by atoms with E-state index in [2.05, 4.69) is 4.72 Å². The average Bonchev–Trinajstić information content (AvgIpc) is 2.67. The first kappa shape index (κ1) is 14.1. The highest BCUT2D eigenvalue weighted by Crippen LogP contribution is 2.12. The van der Waals surface area contributed by atoms with Gasteiger partial charge in [0.25, 0.3) is 0 Å². The van der Waals surface area contributed by atoms with Crippen LogP contribution >= 0.6 is 11.3 Å². The van der Waals surface area contributed by atoms with Crippen LogP contribution in [0.15, 0.2) is 17.5 Å². The second kappa shape index (κ2) is 5.61. The van der Waals surface area contributed by atoms with Gasteiger partial charge in [0.2, 0.25) is 10.0 Å². The second-order valence-corrected chi connectivity index (χ2v) is 6.89. The van der Waals surface area contributed by atoms with Gasteiger partial charge in [-0.05, 0) is 31.7 Å². The van der Waals surface area contributed by atoms with Crippen LogP contribution in [0.5, 0.6) is 0 Å². The van der Waals surface area contributed by atoms with Crippen molar-refractivity contribution in [3.63, 3.8) is 0 Å². The van der Waals surface area contributed by atoms with Crippen molar-refractivity contribution in [2.75, 3.05) is 0 Å². The maximum absolute atomic E-state index is 11.6. The third-order valence-electron chi connectivity index (χ3n) is 2.27. The van der Waals surface area contributed by atoms with Crippen molar-refractivity contribution in [3.05, 3.63) is 22.4 Å². The van der Waals surface area contributed by atoms with E-state index in [1.807, 2.05) is 17.5 Å². The first-order valence-electron chi connectivity index (χ1n) is 5.09. The lowest BCUT2D eigenvalue weighted by Crippen LogP contribution is -2.42. The van der Waals surface area contributed by atoms with Crippen molar-refractivity contribution < 1.29 is 18.3 Å². The van der Waals surface area contributed by atoms with Crippen LogP contribution in [-0.4, -0.2) is 30.8 Å². The molecule has 1 heterocycles. The molecule has 1 aromatic heterocycles. The number of aliphatic carboxylic acids is 1. The summed E-state index contributed by atoms with van der Waals surface area (Å²) in [6.07, 6.45) is 0.559. The molecule has 0 aliphatic rings. The zero-order valence-electron chi connectivity index (χ0n) is 9.58. The van der Waals surface area contributed by atoms with Gasteiger partial charge >= 0.3 is 5.97 Å². The van der Waals surface area contributed by atoms with Crippen molar-refractivity contribution in [2.45, 2.75) is 31.6 Å². The summed E-state index contributed by atoms with van der Waals surface area (Å²) < 4.78 is 25.6. The number of sulfonamides is 1. The highest BCUT2D eigenvalue weighted by atomic mass is 32.2. The number of carbonyl (C=O) groups is 1. The molecular weight excluding hydrogens is 262 g/mol. The fraction of sp³-hybridized carbons (Fsp3) is 0.500. The van der Waals surface area contributed by atoms with Gasteiger partial charge in [-0.15, -0.1) is 11.3 Å². The summed E-state index contributed by atoms with van der Waals surface area (Å²) in [5.41, 5.74) is 0. The van der Waals surface area contributed by atoms with Gasteiger partial charge in [-0.2, -0.15) is 0 Å². The minimum absolute atomic E-state index is 0.319. The monoisotopic (exact) mass is 277 g/mol. The molecule has 0 radical (unpaired) electrons. The van der Waals surface area contributed by atoms with Crippen LogP contribution in [0.1, 0.15) is 18.7 Å². The van der Waals surface area contributed by atoms with Crippen molar-refractivity contribution in [1.29, 1.82) is 0 Å². The SMILES string of the molecule is CC(Cc1cccs1)NS(=O)(=O)C(C)C(=O)O. The number of nitrogens with one attached hydrogen (secondary N) is 1. The Morgan fingerprint density at radius 3 is 2.65 bits per heavy atom. The number of carboxylic acid groups (broad SMARTS) is 1.